The molecule has 6 heteroatoms. The van der Waals surface area contributed by atoms with Gasteiger partial charge >= 0.3 is 6.09 Å². The molecule has 1 fully saturated rings. The number of hydrogen-bond donors (Lipinski definition) is 1. The number of hydrazine groups is 1. The van der Waals surface area contributed by atoms with Crippen molar-refractivity contribution < 1.29 is 14.4 Å². The number of carbonyl (C=O) groups is 1. The molecule has 0 bridgehead atoms. The Hall–Kier alpha value is -1.92. The minimum absolute atomic E-state index is 0.299. The Morgan fingerprint density at radius 3 is 3.00 bits per heavy atom. The summed E-state index contributed by atoms with van der Waals surface area (Å²) in [7, 11) is 1.27. The van der Waals surface area contributed by atoms with Crippen molar-refractivity contribution in [3.63, 3.8) is 0 Å². The summed E-state index contributed by atoms with van der Waals surface area (Å²) in [5.41, 5.74) is 3.82. The molecular weight excluding hydrogens is 222 g/mol. The molecule has 0 saturated carbocycles. The lowest BCUT2D eigenvalue weighted by atomic mass is 10.2. The Morgan fingerprint density at radius 2 is 2.29 bits per heavy atom. The zero-order chi connectivity index (χ0) is 12.1. The molecular formula is C11H13N3O3. The van der Waals surface area contributed by atoms with Crippen molar-refractivity contribution in [3.8, 4) is 0 Å². The number of methoxy groups -OCH3 is 1. The first kappa shape index (κ1) is 11.6. The molecule has 1 aromatic carbocycles. The maximum Gasteiger partial charge on any atom is 0.436 e. The summed E-state index contributed by atoms with van der Waals surface area (Å²) in [6.07, 6.45) is -0.664. The Labute approximate surface area is 98.8 Å². The van der Waals surface area contributed by atoms with Gasteiger partial charge < -0.3 is 9.57 Å². The Morgan fingerprint density at radius 1 is 1.53 bits per heavy atom. The molecule has 1 saturated heterocycles. The van der Waals surface area contributed by atoms with E-state index in [4.69, 9.17) is 4.84 Å². The molecule has 17 heavy (non-hydrogen) atoms. The van der Waals surface area contributed by atoms with E-state index >= 15 is 0 Å². The number of aliphatic imine (C=N–C) groups is 1. The molecule has 2 rings (SSSR count). The van der Waals surface area contributed by atoms with Crippen molar-refractivity contribution >= 4 is 12.0 Å². The van der Waals surface area contributed by atoms with Crippen molar-refractivity contribution in [1.82, 2.24) is 10.6 Å². The van der Waals surface area contributed by atoms with Gasteiger partial charge in [-0.3, -0.25) is 0 Å². The lowest BCUT2D eigenvalue weighted by Gasteiger charge is -2.10. The molecule has 0 aliphatic carbocycles. The Balaban J connectivity index is 1.90. The van der Waals surface area contributed by atoms with Crippen LogP contribution in [0.25, 0.3) is 0 Å². The highest BCUT2D eigenvalue weighted by Crippen LogP contribution is 2.06. The number of nitrogens with one attached hydrogen (secondary N) is 1. The monoisotopic (exact) mass is 235 g/mol. The first-order valence-corrected chi connectivity index (χ1v) is 5.15. The van der Waals surface area contributed by atoms with Crippen LogP contribution in [0.15, 0.2) is 35.3 Å². The third kappa shape index (κ3) is 3.27. The van der Waals surface area contributed by atoms with Gasteiger partial charge in [-0.2, -0.15) is 5.01 Å². The van der Waals surface area contributed by atoms with Crippen LogP contribution in [0.2, 0.25) is 0 Å². The van der Waals surface area contributed by atoms with Crippen LogP contribution < -0.4 is 5.59 Å². The topological polar surface area (TPSA) is 63.2 Å². The summed E-state index contributed by atoms with van der Waals surface area (Å²) in [5, 5.41) is 1.80. The molecule has 1 N–H and O–H groups in total. The molecule has 1 heterocycles. The van der Waals surface area contributed by atoms with E-state index in [0.29, 0.717) is 19.0 Å². The van der Waals surface area contributed by atoms with Crippen LogP contribution in [0.5, 0.6) is 0 Å². The predicted molar refractivity (Wildman–Crippen MR) is 60.9 cm³/mol. The highest BCUT2D eigenvalue weighted by molar-refractivity contribution is 5.89. The molecule has 0 spiro atoms. The van der Waals surface area contributed by atoms with Crippen LogP contribution in [0, 0.1) is 0 Å². The van der Waals surface area contributed by atoms with Crippen LogP contribution in [-0.4, -0.2) is 30.7 Å². The third-order valence-electron chi connectivity index (χ3n) is 2.23. The van der Waals surface area contributed by atoms with Crippen LogP contribution >= 0.6 is 0 Å². The molecule has 90 valence electrons. The summed E-state index contributed by atoms with van der Waals surface area (Å²) in [6.45, 7) is 1.09. The van der Waals surface area contributed by atoms with Crippen LogP contribution in [0.4, 0.5) is 4.79 Å². The second-order valence-electron chi connectivity index (χ2n) is 3.51. The molecule has 0 atom stereocenters. The average molecular weight is 235 g/mol. The van der Waals surface area contributed by atoms with Crippen molar-refractivity contribution in [3.05, 3.63) is 35.9 Å². The van der Waals surface area contributed by atoms with Gasteiger partial charge in [0.1, 0.15) is 0 Å². The van der Waals surface area contributed by atoms with Gasteiger partial charge in [0, 0.05) is 6.54 Å². The van der Waals surface area contributed by atoms with Gasteiger partial charge in [0.2, 0.25) is 5.90 Å². The number of amides is 1. The van der Waals surface area contributed by atoms with E-state index in [-0.39, 0.29) is 0 Å². The van der Waals surface area contributed by atoms with Crippen molar-refractivity contribution in [2.45, 2.75) is 6.54 Å². The van der Waals surface area contributed by atoms with E-state index in [0.717, 1.165) is 5.56 Å². The molecule has 0 unspecified atom stereocenters. The SMILES string of the molecule is COC(=O)N=C1CN(Cc2ccccc2)NO1. The van der Waals surface area contributed by atoms with Gasteiger partial charge in [-0.05, 0) is 5.56 Å². The standard InChI is InChI=1S/C11H13N3O3/c1-16-11(15)12-10-8-14(13-17-10)7-9-5-3-2-4-6-9/h2-6,13H,7-8H2,1H3. The second-order valence-corrected chi connectivity index (χ2v) is 3.51. The maximum absolute atomic E-state index is 10.9. The number of nitrogens with zero attached hydrogens (tertiary/aromatic N) is 2. The van der Waals surface area contributed by atoms with Gasteiger partial charge in [-0.1, -0.05) is 35.9 Å². The van der Waals surface area contributed by atoms with E-state index in [2.05, 4.69) is 15.3 Å². The lowest BCUT2D eigenvalue weighted by Crippen LogP contribution is -2.29. The highest BCUT2D eigenvalue weighted by atomic mass is 16.7. The van der Waals surface area contributed by atoms with Crippen molar-refractivity contribution in [2.24, 2.45) is 4.99 Å². The Kier molecular flexibility index (Phi) is 3.69. The molecule has 1 amide bonds. The number of hydrogen-bond acceptors (Lipinski definition) is 5. The van der Waals surface area contributed by atoms with E-state index in [9.17, 15) is 4.79 Å². The molecule has 0 radical (unpaired) electrons. The third-order valence-corrected chi connectivity index (χ3v) is 2.23. The maximum atomic E-state index is 10.9. The van der Waals surface area contributed by atoms with Crippen LogP contribution in [0.1, 0.15) is 5.56 Å². The van der Waals surface area contributed by atoms with Gasteiger partial charge in [-0.25, -0.2) is 4.79 Å². The highest BCUT2D eigenvalue weighted by Gasteiger charge is 2.20. The molecule has 1 aromatic rings. The number of benzene rings is 1. The number of rotatable bonds is 2. The zero-order valence-corrected chi connectivity index (χ0v) is 9.42. The van der Waals surface area contributed by atoms with E-state index < -0.39 is 6.09 Å². The van der Waals surface area contributed by atoms with E-state index in [1.165, 1.54) is 7.11 Å². The molecule has 0 aromatic heterocycles. The quantitative estimate of drug-likeness (QED) is 0.831. The van der Waals surface area contributed by atoms with Crippen LogP contribution in [0.3, 0.4) is 0 Å². The lowest BCUT2D eigenvalue weighted by molar-refractivity contribution is 0.0495. The van der Waals surface area contributed by atoms with Gasteiger partial charge in [0.05, 0.1) is 13.7 Å². The average Bonchev–Trinajstić information content (AvgIpc) is 2.77. The van der Waals surface area contributed by atoms with Gasteiger partial charge in [0.15, 0.2) is 0 Å². The van der Waals surface area contributed by atoms with Crippen LogP contribution in [-0.2, 0) is 16.1 Å². The molecule has 1 aliphatic rings. The van der Waals surface area contributed by atoms with Crippen molar-refractivity contribution in [1.29, 1.82) is 0 Å². The first-order chi connectivity index (χ1) is 8.28. The largest absolute Gasteiger partial charge is 0.451 e. The number of carbonyl (C=O) groups excluding carboxylic acids is 1. The fourth-order valence-corrected chi connectivity index (χ4v) is 1.44. The molecule has 6 nitrogen and oxygen atoms in total. The predicted octanol–water partition coefficient (Wildman–Crippen LogP) is 1.10. The van der Waals surface area contributed by atoms with Crippen molar-refractivity contribution in [2.75, 3.05) is 13.7 Å². The number of ether oxygens (including phenoxy) is 1. The summed E-state index contributed by atoms with van der Waals surface area (Å²) in [5.74, 6) is 0.299. The first-order valence-electron chi connectivity index (χ1n) is 5.15. The fraction of sp³-hybridized carbons (Fsp3) is 0.273. The van der Waals surface area contributed by atoms with E-state index in [1.807, 2.05) is 30.3 Å². The minimum atomic E-state index is -0.664. The zero-order valence-electron chi connectivity index (χ0n) is 9.42. The van der Waals surface area contributed by atoms with Gasteiger partial charge in [0.25, 0.3) is 0 Å². The van der Waals surface area contributed by atoms with E-state index in [1.54, 1.807) is 5.01 Å². The second kappa shape index (κ2) is 5.42. The minimum Gasteiger partial charge on any atom is -0.451 e. The normalized spacial score (nSPS) is 18.1. The smallest absolute Gasteiger partial charge is 0.436 e. The fourth-order valence-electron chi connectivity index (χ4n) is 1.44. The summed E-state index contributed by atoms with van der Waals surface area (Å²) in [6, 6.07) is 9.92. The summed E-state index contributed by atoms with van der Waals surface area (Å²) < 4.78 is 4.41. The Bertz CT molecular complexity index is 419. The van der Waals surface area contributed by atoms with Gasteiger partial charge in [-0.15, -0.1) is 4.99 Å². The summed E-state index contributed by atoms with van der Waals surface area (Å²) >= 11 is 0. The molecule has 1 aliphatic heterocycles. The summed E-state index contributed by atoms with van der Waals surface area (Å²) in [4.78, 5) is 19.5.